The first-order valence-electron chi connectivity index (χ1n) is 9.31. The third-order valence-electron chi connectivity index (χ3n) is 5.13. The highest BCUT2D eigenvalue weighted by molar-refractivity contribution is 6.31. The minimum Gasteiger partial charge on any atom is -0.507 e. The Labute approximate surface area is 171 Å². The maximum atomic E-state index is 12.7. The molecule has 144 valence electrons. The van der Waals surface area contributed by atoms with Gasteiger partial charge in [0, 0.05) is 29.5 Å². The highest BCUT2D eigenvalue weighted by Crippen LogP contribution is 2.36. The van der Waals surface area contributed by atoms with Crippen LogP contribution in [0.2, 0.25) is 5.02 Å². The van der Waals surface area contributed by atoms with Crippen LogP contribution in [0.25, 0.3) is 0 Å². The predicted octanol–water partition coefficient (Wildman–Crippen LogP) is 5.50. The van der Waals surface area contributed by atoms with Gasteiger partial charge in [-0.3, -0.25) is 4.79 Å². The van der Waals surface area contributed by atoms with Crippen LogP contribution in [0.15, 0.2) is 66.7 Å². The van der Waals surface area contributed by atoms with E-state index in [4.69, 9.17) is 11.6 Å². The summed E-state index contributed by atoms with van der Waals surface area (Å²) in [4.78, 5) is 12.7. The van der Waals surface area contributed by atoms with Crippen LogP contribution in [0.4, 0.5) is 0 Å². The summed E-state index contributed by atoms with van der Waals surface area (Å²) in [6, 6.07) is 21.2. The molecule has 0 saturated heterocycles. The number of nitrogens with one attached hydrogen (secondary N) is 1. The van der Waals surface area contributed by atoms with E-state index in [0.717, 1.165) is 27.8 Å². The lowest BCUT2D eigenvalue weighted by Gasteiger charge is -2.21. The van der Waals surface area contributed by atoms with E-state index >= 15 is 0 Å². The number of aryl methyl sites for hydroxylation is 1. The van der Waals surface area contributed by atoms with E-state index in [0.29, 0.717) is 11.6 Å². The number of phenols is 1. The Hall–Kier alpha value is -2.78. The van der Waals surface area contributed by atoms with Crippen LogP contribution in [0.3, 0.4) is 0 Å². The smallest absolute Gasteiger partial charge is 0.221 e. The highest BCUT2D eigenvalue weighted by atomic mass is 35.5. The third-order valence-corrected chi connectivity index (χ3v) is 5.50. The summed E-state index contributed by atoms with van der Waals surface area (Å²) in [6.45, 7) is 4.24. The van der Waals surface area contributed by atoms with Gasteiger partial charge in [-0.15, -0.1) is 0 Å². The fourth-order valence-corrected chi connectivity index (χ4v) is 3.49. The average molecular weight is 394 g/mol. The number of aromatic hydroxyl groups is 1. The largest absolute Gasteiger partial charge is 0.507 e. The van der Waals surface area contributed by atoms with E-state index in [2.05, 4.69) is 5.32 Å². The highest BCUT2D eigenvalue weighted by Gasteiger charge is 2.22. The summed E-state index contributed by atoms with van der Waals surface area (Å²) in [6.07, 6.45) is 0.241. The zero-order chi connectivity index (χ0) is 20.1. The molecule has 0 aliphatic heterocycles. The van der Waals surface area contributed by atoms with E-state index in [1.165, 1.54) is 0 Å². The Kier molecular flexibility index (Phi) is 6.37. The Morgan fingerprint density at radius 2 is 1.68 bits per heavy atom. The lowest BCUT2D eigenvalue weighted by atomic mass is 9.86. The number of rotatable bonds is 6. The van der Waals surface area contributed by atoms with Crippen molar-refractivity contribution in [3.05, 3.63) is 99.6 Å². The first-order valence-corrected chi connectivity index (χ1v) is 9.69. The van der Waals surface area contributed by atoms with Crippen molar-refractivity contribution < 1.29 is 9.90 Å². The average Bonchev–Trinajstić information content (AvgIpc) is 2.71. The lowest BCUT2D eigenvalue weighted by molar-refractivity contribution is -0.121. The molecule has 0 spiro atoms. The fraction of sp³-hybridized carbons (Fsp3) is 0.208. The van der Waals surface area contributed by atoms with E-state index in [1.807, 2.05) is 80.6 Å². The molecule has 3 rings (SSSR count). The summed E-state index contributed by atoms with van der Waals surface area (Å²) < 4.78 is 0. The number of halogens is 1. The van der Waals surface area contributed by atoms with Crippen LogP contribution < -0.4 is 5.32 Å². The molecule has 0 aliphatic rings. The van der Waals surface area contributed by atoms with E-state index in [1.54, 1.807) is 0 Å². The van der Waals surface area contributed by atoms with Crippen LogP contribution in [0.1, 0.15) is 40.2 Å². The van der Waals surface area contributed by atoms with E-state index in [-0.39, 0.29) is 24.0 Å². The summed E-state index contributed by atoms with van der Waals surface area (Å²) in [5.74, 6) is -0.0640. The molecule has 0 fully saturated rings. The van der Waals surface area contributed by atoms with Gasteiger partial charge in [0.1, 0.15) is 5.75 Å². The molecule has 2 N–H and O–H groups in total. The molecule has 0 bridgehead atoms. The SMILES string of the molecule is Cc1ccc([C@@H](CC(=O)NCc2ccccc2Cl)c2ccccc2)c(O)c1C. The summed E-state index contributed by atoms with van der Waals surface area (Å²) >= 11 is 6.17. The maximum Gasteiger partial charge on any atom is 0.221 e. The first kappa shape index (κ1) is 20.0. The minimum absolute atomic E-state index is 0.0913. The summed E-state index contributed by atoms with van der Waals surface area (Å²) in [7, 11) is 0. The Morgan fingerprint density at radius 1 is 1.00 bits per heavy atom. The third kappa shape index (κ3) is 4.55. The molecule has 3 aromatic rings. The van der Waals surface area contributed by atoms with Gasteiger partial charge >= 0.3 is 0 Å². The second kappa shape index (κ2) is 8.94. The number of hydrogen-bond donors (Lipinski definition) is 2. The zero-order valence-corrected chi connectivity index (χ0v) is 16.8. The molecule has 3 nitrogen and oxygen atoms in total. The molecule has 1 amide bonds. The predicted molar refractivity (Wildman–Crippen MR) is 114 cm³/mol. The molecule has 28 heavy (non-hydrogen) atoms. The molecule has 0 heterocycles. The van der Waals surface area contributed by atoms with Gasteiger partial charge < -0.3 is 10.4 Å². The summed E-state index contributed by atoms with van der Waals surface area (Å²) in [5.41, 5.74) is 4.50. The molecule has 3 aromatic carbocycles. The molecule has 0 aliphatic carbocycles. The van der Waals surface area contributed by atoms with Crippen molar-refractivity contribution in [2.24, 2.45) is 0 Å². The lowest BCUT2D eigenvalue weighted by Crippen LogP contribution is -2.25. The number of amides is 1. The van der Waals surface area contributed by atoms with Crippen molar-refractivity contribution in [2.75, 3.05) is 0 Å². The molecule has 0 saturated carbocycles. The Balaban J connectivity index is 1.83. The standard InChI is InChI=1S/C24H24ClNO2/c1-16-12-13-20(24(28)17(16)2)21(18-8-4-3-5-9-18)14-23(27)26-15-19-10-6-7-11-22(19)25/h3-13,21,28H,14-15H2,1-2H3,(H,26,27)/t21-/m0/s1. The van der Waals surface area contributed by atoms with Gasteiger partial charge in [0.25, 0.3) is 0 Å². The van der Waals surface area contributed by atoms with Gasteiger partial charge in [0.15, 0.2) is 0 Å². The number of benzene rings is 3. The molecular weight excluding hydrogens is 370 g/mol. The van der Waals surface area contributed by atoms with Gasteiger partial charge in [-0.2, -0.15) is 0 Å². The number of carbonyl (C=O) groups is 1. The van der Waals surface area contributed by atoms with Crippen LogP contribution in [0.5, 0.6) is 5.75 Å². The van der Waals surface area contributed by atoms with Crippen LogP contribution in [-0.4, -0.2) is 11.0 Å². The first-order chi connectivity index (χ1) is 13.5. The quantitative estimate of drug-likeness (QED) is 0.580. The molecular formula is C24H24ClNO2. The van der Waals surface area contributed by atoms with E-state index in [9.17, 15) is 9.90 Å². The molecule has 0 radical (unpaired) electrons. The van der Waals surface area contributed by atoms with Crippen molar-refractivity contribution in [2.45, 2.75) is 32.7 Å². The van der Waals surface area contributed by atoms with Crippen molar-refractivity contribution in [3.63, 3.8) is 0 Å². The van der Waals surface area contributed by atoms with E-state index < -0.39 is 0 Å². The zero-order valence-electron chi connectivity index (χ0n) is 16.1. The van der Waals surface area contributed by atoms with Crippen LogP contribution in [-0.2, 0) is 11.3 Å². The van der Waals surface area contributed by atoms with Crippen LogP contribution in [0, 0.1) is 13.8 Å². The number of hydrogen-bond acceptors (Lipinski definition) is 2. The van der Waals surface area contributed by atoms with Crippen molar-refractivity contribution >= 4 is 17.5 Å². The summed E-state index contributed by atoms with van der Waals surface area (Å²) in [5, 5.41) is 14.3. The second-order valence-corrected chi connectivity index (χ2v) is 7.39. The molecule has 0 unspecified atom stereocenters. The van der Waals surface area contributed by atoms with Gasteiger partial charge in [0.05, 0.1) is 0 Å². The topological polar surface area (TPSA) is 49.3 Å². The minimum atomic E-state index is -0.230. The Morgan fingerprint density at radius 3 is 2.39 bits per heavy atom. The monoisotopic (exact) mass is 393 g/mol. The molecule has 0 aromatic heterocycles. The van der Waals surface area contributed by atoms with Crippen LogP contribution >= 0.6 is 11.6 Å². The Bertz CT molecular complexity index is 970. The van der Waals surface area contributed by atoms with Gasteiger partial charge in [-0.05, 0) is 42.2 Å². The maximum absolute atomic E-state index is 12.7. The van der Waals surface area contributed by atoms with Crippen molar-refractivity contribution in [1.82, 2.24) is 5.32 Å². The fourth-order valence-electron chi connectivity index (χ4n) is 3.29. The van der Waals surface area contributed by atoms with Gasteiger partial charge in [0.2, 0.25) is 5.91 Å². The van der Waals surface area contributed by atoms with Crippen molar-refractivity contribution in [3.8, 4) is 5.75 Å². The second-order valence-electron chi connectivity index (χ2n) is 6.98. The number of carbonyl (C=O) groups excluding carboxylic acids is 1. The van der Waals surface area contributed by atoms with Crippen molar-refractivity contribution in [1.29, 1.82) is 0 Å². The molecule has 4 heteroatoms. The molecule has 1 atom stereocenters. The number of phenolic OH excluding ortho intramolecular Hbond substituents is 1. The van der Waals surface area contributed by atoms with Gasteiger partial charge in [-0.25, -0.2) is 0 Å². The van der Waals surface area contributed by atoms with Gasteiger partial charge in [-0.1, -0.05) is 72.3 Å². The normalized spacial score (nSPS) is 11.8.